The van der Waals surface area contributed by atoms with Crippen LogP contribution in [0.5, 0.6) is 0 Å². The van der Waals surface area contributed by atoms with Crippen molar-refractivity contribution in [3.63, 3.8) is 0 Å². The molecule has 0 aliphatic heterocycles. The van der Waals surface area contributed by atoms with Crippen LogP contribution in [0.1, 0.15) is 46.6 Å². The first-order chi connectivity index (χ1) is 9.16. The van der Waals surface area contributed by atoms with Crippen LogP contribution < -0.4 is 0 Å². The molecule has 0 aromatic carbocycles. The molecule has 3 rings (SSSR count). The van der Waals surface area contributed by atoms with E-state index in [0.717, 1.165) is 33.6 Å². The third kappa shape index (κ3) is 2.49. The minimum atomic E-state index is -0.441. The quantitative estimate of drug-likeness (QED) is 0.882. The number of aryl methyl sites for hydroxylation is 2. The van der Waals surface area contributed by atoms with Gasteiger partial charge in [-0.1, -0.05) is 6.07 Å². The fourth-order valence-corrected chi connectivity index (χ4v) is 4.40. The normalized spacial score (nSPS) is 20.1. The smallest absolute Gasteiger partial charge is 0.0965 e. The summed E-state index contributed by atoms with van der Waals surface area (Å²) in [5, 5.41) is 10.7. The molecule has 19 heavy (non-hydrogen) atoms. The maximum Gasteiger partial charge on any atom is 0.0965 e. The standard InChI is InChI=1S/C15H16BrNOS/c1-9-8-12(19-15(9)16)14(18)11-6-2-4-10-5-3-7-17-13(10)11/h3,5,7-8,11,14,18H,2,4,6H2,1H3. The summed E-state index contributed by atoms with van der Waals surface area (Å²) >= 11 is 5.16. The molecule has 0 bridgehead atoms. The number of rotatable bonds is 2. The van der Waals surface area contributed by atoms with Gasteiger partial charge in [-0.2, -0.15) is 0 Å². The van der Waals surface area contributed by atoms with E-state index in [1.54, 1.807) is 11.3 Å². The molecule has 2 nitrogen and oxygen atoms in total. The first-order valence-electron chi connectivity index (χ1n) is 6.54. The first-order valence-corrected chi connectivity index (χ1v) is 8.15. The molecule has 0 amide bonds. The molecule has 2 aromatic rings. The first kappa shape index (κ1) is 13.3. The number of hydrogen-bond acceptors (Lipinski definition) is 3. The number of nitrogens with zero attached hydrogens (tertiary/aromatic N) is 1. The van der Waals surface area contributed by atoms with Crippen LogP contribution in [0.25, 0.3) is 0 Å². The maximum absolute atomic E-state index is 10.7. The molecule has 100 valence electrons. The monoisotopic (exact) mass is 337 g/mol. The van der Waals surface area contributed by atoms with Crippen LogP contribution in [0, 0.1) is 6.92 Å². The highest BCUT2D eigenvalue weighted by Gasteiger charge is 2.29. The number of aromatic nitrogens is 1. The van der Waals surface area contributed by atoms with Gasteiger partial charge in [0.1, 0.15) is 0 Å². The summed E-state index contributed by atoms with van der Waals surface area (Å²) in [6.07, 6.45) is 4.62. The molecule has 2 atom stereocenters. The van der Waals surface area contributed by atoms with E-state index in [-0.39, 0.29) is 5.92 Å². The maximum atomic E-state index is 10.7. The highest BCUT2D eigenvalue weighted by atomic mass is 79.9. The van der Waals surface area contributed by atoms with E-state index in [9.17, 15) is 5.11 Å². The number of thiophene rings is 1. The number of halogens is 1. The molecule has 0 fully saturated rings. The van der Waals surface area contributed by atoms with Crippen LogP contribution in [0.4, 0.5) is 0 Å². The van der Waals surface area contributed by atoms with Gasteiger partial charge in [0.2, 0.25) is 0 Å². The highest BCUT2D eigenvalue weighted by Crippen LogP contribution is 2.42. The van der Waals surface area contributed by atoms with E-state index in [1.165, 1.54) is 11.1 Å². The number of fused-ring (bicyclic) bond motifs is 1. The van der Waals surface area contributed by atoms with Gasteiger partial charge in [-0.05, 0) is 65.4 Å². The molecule has 2 heterocycles. The fraction of sp³-hybridized carbons (Fsp3) is 0.400. The largest absolute Gasteiger partial charge is 0.387 e. The SMILES string of the molecule is Cc1cc(C(O)C2CCCc3cccnc32)sc1Br. The average Bonchev–Trinajstić information content (AvgIpc) is 2.77. The third-order valence-electron chi connectivity index (χ3n) is 3.79. The number of hydrogen-bond donors (Lipinski definition) is 1. The number of aliphatic hydroxyl groups is 1. The molecule has 0 spiro atoms. The molecule has 0 saturated carbocycles. The lowest BCUT2D eigenvalue weighted by Gasteiger charge is -2.27. The van der Waals surface area contributed by atoms with Gasteiger partial charge in [-0.15, -0.1) is 11.3 Å². The van der Waals surface area contributed by atoms with Crippen molar-refractivity contribution in [2.45, 2.75) is 38.2 Å². The fourth-order valence-electron chi connectivity index (χ4n) is 2.78. The molecular formula is C15H16BrNOS. The summed E-state index contributed by atoms with van der Waals surface area (Å²) in [5.41, 5.74) is 3.57. The summed E-state index contributed by atoms with van der Waals surface area (Å²) in [5.74, 6) is 0.134. The average molecular weight is 338 g/mol. The van der Waals surface area contributed by atoms with Gasteiger partial charge in [-0.25, -0.2) is 0 Å². The summed E-state index contributed by atoms with van der Waals surface area (Å²) < 4.78 is 1.11. The van der Waals surface area contributed by atoms with Crippen molar-refractivity contribution < 1.29 is 5.11 Å². The Morgan fingerprint density at radius 2 is 2.37 bits per heavy atom. The summed E-state index contributed by atoms with van der Waals surface area (Å²) in [4.78, 5) is 5.54. The van der Waals surface area contributed by atoms with Crippen molar-refractivity contribution in [1.82, 2.24) is 4.98 Å². The van der Waals surface area contributed by atoms with E-state index in [4.69, 9.17) is 0 Å². The van der Waals surface area contributed by atoms with Crippen molar-refractivity contribution in [3.05, 3.63) is 49.9 Å². The molecule has 4 heteroatoms. The predicted octanol–water partition coefficient (Wildman–Crippen LogP) is 4.37. The highest BCUT2D eigenvalue weighted by molar-refractivity contribution is 9.11. The van der Waals surface area contributed by atoms with Crippen molar-refractivity contribution in [2.75, 3.05) is 0 Å². The van der Waals surface area contributed by atoms with Crippen LogP contribution >= 0.6 is 27.3 Å². The van der Waals surface area contributed by atoms with E-state index in [2.05, 4.69) is 40.0 Å². The predicted molar refractivity (Wildman–Crippen MR) is 81.6 cm³/mol. The van der Waals surface area contributed by atoms with Crippen LogP contribution in [0.15, 0.2) is 28.2 Å². The van der Waals surface area contributed by atoms with E-state index < -0.39 is 6.10 Å². The molecule has 2 unspecified atom stereocenters. The summed E-state index contributed by atoms with van der Waals surface area (Å²) in [7, 11) is 0. The van der Waals surface area contributed by atoms with Gasteiger partial charge < -0.3 is 5.11 Å². The molecule has 1 N–H and O–H groups in total. The zero-order valence-electron chi connectivity index (χ0n) is 10.8. The van der Waals surface area contributed by atoms with Crippen molar-refractivity contribution in [1.29, 1.82) is 0 Å². The van der Waals surface area contributed by atoms with Gasteiger partial charge in [-0.3, -0.25) is 4.98 Å². The van der Waals surface area contributed by atoms with Gasteiger partial charge in [0.05, 0.1) is 9.89 Å². The molecule has 2 aromatic heterocycles. The minimum Gasteiger partial charge on any atom is -0.387 e. The third-order valence-corrected chi connectivity index (χ3v) is 5.99. The second-order valence-electron chi connectivity index (χ2n) is 5.10. The lowest BCUT2D eigenvalue weighted by atomic mass is 9.82. The van der Waals surface area contributed by atoms with E-state index >= 15 is 0 Å². The summed E-state index contributed by atoms with van der Waals surface area (Å²) in [6.45, 7) is 2.06. The minimum absolute atomic E-state index is 0.134. The Morgan fingerprint density at radius 1 is 1.53 bits per heavy atom. The van der Waals surface area contributed by atoms with Gasteiger partial charge in [0.15, 0.2) is 0 Å². The Labute approximate surface area is 125 Å². The number of pyridine rings is 1. The van der Waals surface area contributed by atoms with Crippen LogP contribution in [-0.4, -0.2) is 10.1 Å². The Kier molecular flexibility index (Phi) is 3.74. The van der Waals surface area contributed by atoms with Crippen LogP contribution in [0.2, 0.25) is 0 Å². The Hall–Kier alpha value is -0.710. The number of aliphatic hydroxyl groups excluding tert-OH is 1. The topological polar surface area (TPSA) is 33.1 Å². The van der Waals surface area contributed by atoms with Gasteiger partial charge in [0, 0.05) is 22.7 Å². The molecule has 0 saturated heterocycles. The van der Waals surface area contributed by atoms with Crippen molar-refractivity contribution >= 4 is 27.3 Å². The zero-order chi connectivity index (χ0) is 13.4. The summed E-state index contributed by atoms with van der Waals surface area (Å²) in [6, 6.07) is 6.20. The second-order valence-corrected chi connectivity index (χ2v) is 7.50. The van der Waals surface area contributed by atoms with Gasteiger partial charge in [0.25, 0.3) is 0 Å². The van der Waals surface area contributed by atoms with Crippen LogP contribution in [-0.2, 0) is 6.42 Å². The Morgan fingerprint density at radius 3 is 3.11 bits per heavy atom. The van der Waals surface area contributed by atoms with Gasteiger partial charge >= 0.3 is 0 Å². The lowest BCUT2D eigenvalue weighted by molar-refractivity contribution is 0.137. The lowest BCUT2D eigenvalue weighted by Crippen LogP contribution is -2.18. The molecule has 1 aliphatic rings. The zero-order valence-corrected chi connectivity index (χ0v) is 13.2. The van der Waals surface area contributed by atoms with Crippen molar-refractivity contribution in [3.8, 4) is 0 Å². The Bertz CT molecular complexity index is 576. The Balaban J connectivity index is 1.95. The van der Waals surface area contributed by atoms with E-state index in [0.29, 0.717) is 0 Å². The molecule has 1 aliphatic carbocycles. The van der Waals surface area contributed by atoms with E-state index in [1.807, 2.05) is 12.3 Å². The van der Waals surface area contributed by atoms with Crippen molar-refractivity contribution in [2.24, 2.45) is 0 Å². The molecular weight excluding hydrogens is 322 g/mol. The second kappa shape index (κ2) is 5.35. The molecule has 0 radical (unpaired) electrons. The van der Waals surface area contributed by atoms with Crippen LogP contribution in [0.3, 0.4) is 0 Å².